The first kappa shape index (κ1) is 11.6. The molecular formula is C12H15N3O2. The van der Waals surface area contributed by atoms with Gasteiger partial charge in [0.2, 0.25) is 0 Å². The number of hydrogen-bond acceptors (Lipinski definition) is 4. The molecule has 2 rings (SSSR count). The number of phenols is 1. The van der Waals surface area contributed by atoms with Gasteiger partial charge in [-0.2, -0.15) is 0 Å². The molecule has 1 aromatic carbocycles. The fourth-order valence-corrected chi connectivity index (χ4v) is 1.69. The molecule has 0 saturated heterocycles. The Labute approximate surface area is 98.7 Å². The number of hydrogen-bond donors (Lipinski definition) is 2. The van der Waals surface area contributed by atoms with E-state index in [1.165, 1.54) is 12.4 Å². The fraction of sp³-hybridized carbons (Fsp3) is 0.333. The summed E-state index contributed by atoms with van der Waals surface area (Å²) in [6.45, 7) is 2.53. The predicted octanol–water partition coefficient (Wildman–Crippen LogP) is 0.710. The van der Waals surface area contributed by atoms with Crippen molar-refractivity contribution in [2.24, 2.45) is 0 Å². The van der Waals surface area contributed by atoms with Gasteiger partial charge in [-0.3, -0.25) is 9.36 Å². The molecule has 0 fully saturated rings. The summed E-state index contributed by atoms with van der Waals surface area (Å²) in [4.78, 5) is 16.2. The van der Waals surface area contributed by atoms with Crippen LogP contribution in [-0.2, 0) is 6.54 Å². The third-order valence-corrected chi connectivity index (χ3v) is 2.80. The molecule has 5 nitrogen and oxygen atoms in total. The monoisotopic (exact) mass is 233 g/mol. The molecular weight excluding hydrogens is 218 g/mol. The Morgan fingerprint density at radius 3 is 3.00 bits per heavy atom. The number of nitrogens with zero attached hydrogens (tertiary/aromatic N) is 2. The molecule has 0 aliphatic rings. The molecule has 1 unspecified atom stereocenters. The van der Waals surface area contributed by atoms with Crippen LogP contribution < -0.4 is 10.9 Å². The Bertz CT molecular complexity index is 592. The number of aromatic hydroxyl groups is 1. The van der Waals surface area contributed by atoms with Crippen LogP contribution in [0.25, 0.3) is 10.9 Å². The summed E-state index contributed by atoms with van der Waals surface area (Å²) < 4.78 is 1.54. The normalized spacial score (nSPS) is 12.8. The molecule has 0 saturated carbocycles. The third kappa shape index (κ3) is 2.14. The van der Waals surface area contributed by atoms with Gasteiger partial charge in [-0.05, 0) is 26.1 Å². The SMILES string of the molecule is CNC(C)Cn1cnc2c(O)cccc2c1=O. The van der Waals surface area contributed by atoms with Crippen molar-refractivity contribution in [3.05, 3.63) is 34.9 Å². The average molecular weight is 233 g/mol. The lowest BCUT2D eigenvalue weighted by atomic mass is 10.2. The second kappa shape index (κ2) is 4.55. The maximum Gasteiger partial charge on any atom is 0.261 e. The van der Waals surface area contributed by atoms with E-state index in [4.69, 9.17) is 0 Å². The zero-order valence-corrected chi connectivity index (χ0v) is 9.84. The van der Waals surface area contributed by atoms with Crippen molar-refractivity contribution < 1.29 is 5.11 Å². The number of phenolic OH excluding ortho intramolecular Hbond substituents is 1. The Morgan fingerprint density at radius 1 is 1.53 bits per heavy atom. The summed E-state index contributed by atoms with van der Waals surface area (Å²) in [5.41, 5.74) is 0.221. The number of likely N-dealkylation sites (N-methyl/N-ethyl adjacent to an activating group) is 1. The maximum absolute atomic E-state index is 12.1. The molecule has 2 aromatic rings. The van der Waals surface area contributed by atoms with Crippen molar-refractivity contribution in [1.29, 1.82) is 0 Å². The van der Waals surface area contributed by atoms with Crippen molar-refractivity contribution in [3.8, 4) is 5.75 Å². The minimum atomic E-state index is -0.131. The van der Waals surface area contributed by atoms with Crippen molar-refractivity contribution in [2.45, 2.75) is 19.5 Å². The summed E-state index contributed by atoms with van der Waals surface area (Å²) >= 11 is 0. The van der Waals surface area contributed by atoms with E-state index in [0.29, 0.717) is 17.4 Å². The number of benzene rings is 1. The Hall–Kier alpha value is -1.88. The highest BCUT2D eigenvalue weighted by molar-refractivity contribution is 5.82. The molecule has 0 radical (unpaired) electrons. The maximum atomic E-state index is 12.1. The van der Waals surface area contributed by atoms with Gasteiger partial charge in [0.05, 0.1) is 11.7 Å². The Morgan fingerprint density at radius 2 is 2.29 bits per heavy atom. The molecule has 1 atom stereocenters. The molecule has 90 valence electrons. The van der Waals surface area contributed by atoms with Crippen molar-refractivity contribution in [2.75, 3.05) is 7.05 Å². The highest BCUT2D eigenvalue weighted by Crippen LogP contribution is 2.18. The van der Waals surface area contributed by atoms with Crippen LogP contribution in [0.2, 0.25) is 0 Å². The molecule has 0 spiro atoms. The van der Waals surface area contributed by atoms with Crippen LogP contribution in [0.15, 0.2) is 29.3 Å². The van der Waals surface area contributed by atoms with Gasteiger partial charge in [0, 0.05) is 12.6 Å². The van der Waals surface area contributed by atoms with Crippen LogP contribution >= 0.6 is 0 Å². The molecule has 0 amide bonds. The number of aromatic nitrogens is 2. The molecule has 5 heteroatoms. The third-order valence-electron chi connectivity index (χ3n) is 2.80. The molecule has 2 N–H and O–H groups in total. The van der Waals surface area contributed by atoms with Crippen molar-refractivity contribution in [3.63, 3.8) is 0 Å². The Balaban J connectivity index is 2.55. The van der Waals surface area contributed by atoms with Crippen LogP contribution in [0.4, 0.5) is 0 Å². The second-order valence-electron chi connectivity index (χ2n) is 4.07. The van der Waals surface area contributed by atoms with Crippen LogP contribution in [0.5, 0.6) is 5.75 Å². The highest BCUT2D eigenvalue weighted by Gasteiger charge is 2.08. The average Bonchev–Trinajstić information content (AvgIpc) is 2.33. The molecule has 17 heavy (non-hydrogen) atoms. The minimum Gasteiger partial charge on any atom is -0.506 e. The predicted molar refractivity (Wildman–Crippen MR) is 66.2 cm³/mol. The minimum absolute atomic E-state index is 0.0356. The molecule has 1 aromatic heterocycles. The van der Waals surface area contributed by atoms with Crippen molar-refractivity contribution >= 4 is 10.9 Å². The molecule has 0 bridgehead atoms. The van der Waals surface area contributed by atoms with Gasteiger partial charge in [-0.15, -0.1) is 0 Å². The quantitative estimate of drug-likeness (QED) is 0.819. The fourth-order valence-electron chi connectivity index (χ4n) is 1.69. The largest absolute Gasteiger partial charge is 0.506 e. The van der Waals surface area contributed by atoms with Gasteiger partial charge in [-0.25, -0.2) is 4.98 Å². The standard InChI is InChI=1S/C12H15N3O2/c1-8(13-2)6-15-7-14-11-9(12(15)17)4-3-5-10(11)16/h3-5,7-8,13,16H,6H2,1-2H3. The lowest BCUT2D eigenvalue weighted by Gasteiger charge is -2.12. The van der Waals surface area contributed by atoms with Gasteiger partial charge in [0.25, 0.3) is 5.56 Å². The molecule has 1 heterocycles. The number of para-hydroxylation sites is 1. The van der Waals surface area contributed by atoms with E-state index in [0.717, 1.165) is 0 Å². The van der Waals surface area contributed by atoms with Gasteiger partial charge >= 0.3 is 0 Å². The zero-order valence-electron chi connectivity index (χ0n) is 9.84. The lowest BCUT2D eigenvalue weighted by Crippen LogP contribution is -2.32. The van der Waals surface area contributed by atoms with Crippen molar-refractivity contribution in [1.82, 2.24) is 14.9 Å². The zero-order chi connectivity index (χ0) is 12.4. The van der Waals surface area contributed by atoms with Crippen LogP contribution in [-0.4, -0.2) is 27.7 Å². The van der Waals surface area contributed by atoms with E-state index in [2.05, 4.69) is 10.3 Å². The van der Waals surface area contributed by atoms with E-state index >= 15 is 0 Å². The van der Waals surface area contributed by atoms with Gasteiger partial charge < -0.3 is 10.4 Å². The van der Waals surface area contributed by atoms with Gasteiger partial charge in [-0.1, -0.05) is 6.07 Å². The van der Waals surface area contributed by atoms with Gasteiger partial charge in [0.1, 0.15) is 11.3 Å². The number of nitrogens with one attached hydrogen (secondary N) is 1. The second-order valence-corrected chi connectivity index (χ2v) is 4.07. The van der Waals surface area contributed by atoms with E-state index in [9.17, 15) is 9.90 Å². The van der Waals surface area contributed by atoms with Crippen LogP contribution in [0.3, 0.4) is 0 Å². The number of fused-ring (bicyclic) bond motifs is 1. The molecule has 0 aliphatic carbocycles. The smallest absolute Gasteiger partial charge is 0.261 e. The summed E-state index contributed by atoms with van der Waals surface area (Å²) in [6, 6.07) is 5.02. The lowest BCUT2D eigenvalue weighted by molar-refractivity contribution is 0.478. The van der Waals surface area contributed by atoms with E-state index in [1.54, 1.807) is 16.7 Å². The number of rotatable bonds is 3. The topological polar surface area (TPSA) is 67.2 Å². The van der Waals surface area contributed by atoms with E-state index in [1.807, 2.05) is 14.0 Å². The van der Waals surface area contributed by atoms with Crippen LogP contribution in [0, 0.1) is 0 Å². The van der Waals surface area contributed by atoms with Gasteiger partial charge in [0.15, 0.2) is 0 Å². The Kier molecular flexibility index (Phi) is 3.10. The summed E-state index contributed by atoms with van der Waals surface area (Å²) in [5, 5.41) is 13.1. The first-order valence-electron chi connectivity index (χ1n) is 5.48. The summed E-state index contributed by atoms with van der Waals surface area (Å²) in [6.07, 6.45) is 1.47. The highest BCUT2D eigenvalue weighted by atomic mass is 16.3. The van der Waals surface area contributed by atoms with E-state index in [-0.39, 0.29) is 17.4 Å². The summed E-state index contributed by atoms with van der Waals surface area (Å²) in [5.74, 6) is 0.0356. The summed E-state index contributed by atoms with van der Waals surface area (Å²) in [7, 11) is 1.84. The molecule has 0 aliphatic heterocycles. The van der Waals surface area contributed by atoms with Crippen LogP contribution in [0.1, 0.15) is 6.92 Å². The first-order valence-corrected chi connectivity index (χ1v) is 5.48. The van der Waals surface area contributed by atoms with E-state index < -0.39 is 0 Å². The first-order chi connectivity index (χ1) is 8.13.